The second-order valence-electron chi connectivity index (χ2n) is 4.35. The molecule has 17 heavy (non-hydrogen) atoms. The molecule has 0 spiro atoms. The number of rotatable bonds is 1. The Morgan fingerprint density at radius 1 is 1.24 bits per heavy atom. The molecule has 0 saturated carbocycles. The van der Waals surface area contributed by atoms with E-state index in [2.05, 4.69) is 42.8 Å². The van der Waals surface area contributed by atoms with Crippen molar-refractivity contribution in [2.75, 3.05) is 0 Å². The molecule has 1 aromatic carbocycles. The van der Waals surface area contributed by atoms with E-state index in [1.807, 2.05) is 12.1 Å². The summed E-state index contributed by atoms with van der Waals surface area (Å²) in [5.74, 6) is 1.95. The molecule has 0 radical (unpaired) electrons. The Labute approximate surface area is 108 Å². The third-order valence-electron chi connectivity index (χ3n) is 3.10. The van der Waals surface area contributed by atoms with E-state index in [4.69, 9.17) is 5.73 Å². The lowest BCUT2D eigenvalue weighted by molar-refractivity contribution is 0.466. The zero-order valence-corrected chi connectivity index (χ0v) is 10.9. The molecule has 2 aromatic rings. The van der Waals surface area contributed by atoms with Crippen molar-refractivity contribution in [3.8, 4) is 11.4 Å². The van der Waals surface area contributed by atoms with Crippen LogP contribution < -0.4 is 5.73 Å². The molecular formula is C12H13BrN4. The summed E-state index contributed by atoms with van der Waals surface area (Å²) in [6, 6.07) is 8.37. The summed E-state index contributed by atoms with van der Waals surface area (Å²) in [4.78, 5) is 0. The van der Waals surface area contributed by atoms with Gasteiger partial charge in [0, 0.05) is 29.0 Å². The topological polar surface area (TPSA) is 56.7 Å². The van der Waals surface area contributed by atoms with Crippen LogP contribution in [0.15, 0.2) is 28.7 Å². The van der Waals surface area contributed by atoms with Crippen LogP contribution in [-0.4, -0.2) is 20.8 Å². The van der Waals surface area contributed by atoms with E-state index < -0.39 is 0 Å². The van der Waals surface area contributed by atoms with E-state index in [0.717, 1.165) is 41.1 Å². The standard InChI is InChI=1S/C12H13BrN4/c13-9-3-1-8(2-4-9)12-16-15-11-7-10(14)5-6-17(11)12/h1-4,10H,5-7,14H2. The first kappa shape index (κ1) is 10.9. The highest BCUT2D eigenvalue weighted by atomic mass is 79.9. The van der Waals surface area contributed by atoms with Crippen molar-refractivity contribution in [2.45, 2.75) is 25.4 Å². The molecule has 1 unspecified atom stereocenters. The van der Waals surface area contributed by atoms with E-state index in [1.54, 1.807) is 0 Å². The number of hydrogen-bond donors (Lipinski definition) is 1. The van der Waals surface area contributed by atoms with E-state index in [0.29, 0.717) is 0 Å². The Hall–Kier alpha value is -1.20. The lowest BCUT2D eigenvalue weighted by Crippen LogP contribution is -2.31. The maximum atomic E-state index is 5.93. The maximum Gasteiger partial charge on any atom is 0.163 e. The Kier molecular flexibility index (Phi) is 2.72. The molecule has 0 bridgehead atoms. The molecule has 1 atom stereocenters. The van der Waals surface area contributed by atoms with Crippen LogP contribution in [-0.2, 0) is 13.0 Å². The van der Waals surface area contributed by atoms with Gasteiger partial charge in [0.15, 0.2) is 5.82 Å². The van der Waals surface area contributed by atoms with Crippen LogP contribution in [0.1, 0.15) is 12.2 Å². The highest BCUT2D eigenvalue weighted by Gasteiger charge is 2.20. The number of nitrogens with zero attached hydrogens (tertiary/aromatic N) is 3. The Morgan fingerprint density at radius 2 is 2.00 bits per heavy atom. The third-order valence-corrected chi connectivity index (χ3v) is 3.63. The molecule has 2 N–H and O–H groups in total. The second-order valence-corrected chi connectivity index (χ2v) is 5.27. The van der Waals surface area contributed by atoms with E-state index in [9.17, 15) is 0 Å². The van der Waals surface area contributed by atoms with Gasteiger partial charge in [-0.3, -0.25) is 0 Å². The molecule has 0 saturated heterocycles. The van der Waals surface area contributed by atoms with Crippen LogP contribution in [0.25, 0.3) is 11.4 Å². The molecule has 3 rings (SSSR count). The summed E-state index contributed by atoms with van der Waals surface area (Å²) in [5.41, 5.74) is 7.03. The summed E-state index contributed by atoms with van der Waals surface area (Å²) >= 11 is 3.43. The van der Waals surface area contributed by atoms with Crippen molar-refractivity contribution >= 4 is 15.9 Å². The van der Waals surface area contributed by atoms with Gasteiger partial charge in [-0.25, -0.2) is 0 Å². The largest absolute Gasteiger partial charge is 0.327 e. The average Bonchev–Trinajstić information content (AvgIpc) is 2.73. The lowest BCUT2D eigenvalue weighted by atomic mass is 10.1. The van der Waals surface area contributed by atoms with Gasteiger partial charge >= 0.3 is 0 Å². The molecule has 0 aliphatic carbocycles. The number of nitrogens with two attached hydrogens (primary N) is 1. The minimum Gasteiger partial charge on any atom is -0.327 e. The van der Waals surface area contributed by atoms with Crippen LogP contribution >= 0.6 is 15.9 Å². The molecule has 0 amide bonds. The van der Waals surface area contributed by atoms with Crippen LogP contribution in [0.2, 0.25) is 0 Å². The highest BCUT2D eigenvalue weighted by Crippen LogP contribution is 2.23. The van der Waals surface area contributed by atoms with Crippen molar-refractivity contribution in [3.63, 3.8) is 0 Å². The van der Waals surface area contributed by atoms with Gasteiger partial charge in [-0.05, 0) is 18.6 Å². The summed E-state index contributed by atoms with van der Waals surface area (Å²) in [7, 11) is 0. The van der Waals surface area contributed by atoms with Gasteiger partial charge in [-0.1, -0.05) is 28.1 Å². The zero-order chi connectivity index (χ0) is 11.8. The SMILES string of the molecule is NC1CCn2c(nnc2-c2ccc(Br)cc2)C1. The van der Waals surface area contributed by atoms with Gasteiger partial charge in [-0.15, -0.1) is 10.2 Å². The average molecular weight is 293 g/mol. The van der Waals surface area contributed by atoms with E-state index >= 15 is 0 Å². The minimum atomic E-state index is 0.226. The number of hydrogen-bond acceptors (Lipinski definition) is 3. The fourth-order valence-electron chi connectivity index (χ4n) is 2.17. The Bertz CT molecular complexity index is 532. The highest BCUT2D eigenvalue weighted by molar-refractivity contribution is 9.10. The van der Waals surface area contributed by atoms with Crippen molar-refractivity contribution in [1.82, 2.24) is 14.8 Å². The summed E-state index contributed by atoms with van der Waals surface area (Å²) in [6.07, 6.45) is 1.82. The fraction of sp³-hybridized carbons (Fsp3) is 0.333. The Balaban J connectivity index is 2.02. The first-order valence-corrected chi connectivity index (χ1v) is 6.47. The van der Waals surface area contributed by atoms with Crippen molar-refractivity contribution < 1.29 is 0 Å². The van der Waals surface area contributed by atoms with Crippen molar-refractivity contribution in [3.05, 3.63) is 34.6 Å². The second kappa shape index (κ2) is 4.23. The van der Waals surface area contributed by atoms with Gasteiger partial charge in [0.2, 0.25) is 0 Å². The van der Waals surface area contributed by atoms with Crippen LogP contribution in [0.5, 0.6) is 0 Å². The maximum absolute atomic E-state index is 5.93. The molecule has 1 aliphatic rings. The molecular weight excluding hydrogens is 280 g/mol. The van der Waals surface area contributed by atoms with Gasteiger partial charge in [0.25, 0.3) is 0 Å². The summed E-state index contributed by atoms with van der Waals surface area (Å²) < 4.78 is 3.24. The quantitative estimate of drug-likeness (QED) is 0.874. The normalized spacial score (nSPS) is 19.1. The van der Waals surface area contributed by atoms with Crippen LogP contribution in [0.3, 0.4) is 0 Å². The first-order valence-electron chi connectivity index (χ1n) is 5.67. The van der Waals surface area contributed by atoms with Crippen LogP contribution in [0.4, 0.5) is 0 Å². The molecule has 2 heterocycles. The van der Waals surface area contributed by atoms with E-state index in [-0.39, 0.29) is 6.04 Å². The monoisotopic (exact) mass is 292 g/mol. The van der Waals surface area contributed by atoms with Crippen LogP contribution in [0, 0.1) is 0 Å². The first-order chi connectivity index (χ1) is 8.24. The number of aromatic nitrogens is 3. The van der Waals surface area contributed by atoms with Crippen molar-refractivity contribution in [1.29, 1.82) is 0 Å². The lowest BCUT2D eigenvalue weighted by Gasteiger charge is -2.20. The van der Waals surface area contributed by atoms with Gasteiger partial charge in [0.05, 0.1) is 0 Å². The summed E-state index contributed by atoms with van der Waals surface area (Å²) in [5, 5.41) is 8.50. The molecule has 4 nitrogen and oxygen atoms in total. The number of fused-ring (bicyclic) bond motifs is 1. The zero-order valence-electron chi connectivity index (χ0n) is 9.31. The Morgan fingerprint density at radius 3 is 2.76 bits per heavy atom. The predicted molar refractivity (Wildman–Crippen MR) is 69.5 cm³/mol. The molecule has 0 fully saturated rings. The molecule has 88 valence electrons. The predicted octanol–water partition coefficient (Wildman–Crippen LogP) is 1.98. The van der Waals surface area contributed by atoms with Crippen molar-refractivity contribution in [2.24, 2.45) is 5.73 Å². The molecule has 5 heteroatoms. The molecule has 1 aliphatic heterocycles. The van der Waals surface area contributed by atoms with Gasteiger partial charge < -0.3 is 10.3 Å². The van der Waals surface area contributed by atoms with Gasteiger partial charge in [0.1, 0.15) is 5.82 Å². The van der Waals surface area contributed by atoms with Gasteiger partial charge in [-0.2, -0.15) is 0 Å². The number of halogens is 1. The fourth-order valence-corrected chi connectivity index (χ4v) is 2.43. The smallest absolute Gasteiger partial charge is 0.163 e. The van der Waals surface area contributed by atoms with E-state index in [1.165, 1.54) is 0 Å². The minimum absolute atomic E-state index is 0.226. The number of benzene rings is 1. The summed E-state index contributed by atoms with van der Waals surface area (Å²) in [6.45, 7) is 0.912. The third kappa shape index (κ3) is 2.00. The molecule has 1 aromatic heterocycles.